The lowest BCUT2D eigenvalue weighted by Crippen LogP contribution is -2.37. The van der Waals surface area contributed by atoms with Crippen LogP contribution in [0.3, 0.4) is 0 Å². The van der Waals surface area contributed by atoms with Crippen molar-refractivity contribution < 1.29 is 9.53 Å². The maximum absolute atomic E-state index is 12.1. The Hall–Kier alpha value is -1.55. The zero-order valence-electron chi connectivity index (χ0n) is 15.6. The molecule has 0 spiro atoms. The summed E-state index contributed by atoms with van der Waals surface area (Å²) in [7, 11) is 0. The van der Waals surface area contributed by atoms with Crippen molar-refractivity contribution in [1.29, 1.82) is 0 Å². The van der Waals surface area contributed by atoms with E-state index < -0.39 is 6.10 Å². The van der Waals surface area contributed by atoms with Gasteiger partial charge in [-0.1, -0.05) is 32.9 Å². The number of nitrogens with one attached hydrogen (secondary N) is 1. The molecule has 1 heterocycles. The lowest BCUT2D eigenvalue weighted by atomic mass is 9.87. The van der Waals surface area contributed by atoms with E-state index in [-0.39, 0.29) is 11.3 Å². The predicted octanol–water partition coefficient (Wildman–Crippen LogP) is 3.35. The van der Waals surface area contributed by atoms with E-state index in [9.17, 15) is 4.79 Å². The molecule has 0 unspecified atom stereocenters. The van der Waals surface area contributed by atoms with Crippen molar-refractivity contribution in [2.45, 2.75) is 58.5 Å². The molecule has 134 valence electrons. The number of hydrogen-bond acceptors (Lipinski definition) is 3. The van der Waals surface area contributed by atoms with Crippen molar-refractivity contribution in [3.8, 4) is 5.75 Å². The maximum Gasteiger partial charge on any atom is 0.260 e. The molecule has 2 rings (SSSR count). The van der Waals surface area contributed by atoms with E-state index in [0.29, 0.717) is 6.54 Å². The predicted molar refractivity (Wildman–Crippen MR) is 98.5 cm³/mol. The number of carbonyl (C=O) groups excluding carboxylic acids is 1. The quantitative estimate of drug-likeness (QED) is 0.779. The summed E-state index contributed by atoms with van der Waals surface area (Å²) >= 11 is 0. The first-order valence-electron chi connectivity index (χ1n) is 9.13. The number of rotatable bonds is 7. The minimum absolute atomic E-state index is 0.0451. The summed E-state index contributed by atoms with van der Waals surface area (Å²) in [5.41, 5.74) is 1.38. The van der Waals surface area contributed by atoms with E-state index in [1.165, 1.54) is 31.5 Å². The molecule has 1 aliphatic rings. The SMILES string of the molecule is C[C@H](Oc1ccc(C(C)(C)C)cc1)C(=O)NCCCN1CCCC1. The van der Waals surface area contributed by atoms with Gasteiger partial charge < -0.3 is 15.0 Å². The summed E-state index contributed by atoms with van der Waals surface area (Å²) < 4.78 is 5.75. The first-order chi connectivity index (χ1) is 11.4. The molecule has 1 N–H and O–H groups in total. The Balaban J connectivity index is 1.70. The van der Waals surface area contributed by atoms with Crippen LogP contribution >= 0.6 is 0 Å². The average Bonchev–Trinajstić information content (AvgIpc) is 3.04. The first kappa shape index (κ1) is 18.8. The largest absolute Gasteiger partial charge is 0.481 e. The zero-order chi connectivity index (χ0) is 17.6. The standard InChI is InChI=1S/C20H32N2O2/c1-16(19(23)21-12-7-15-22-13-5-6-14-22)24-18-10-8-17(9-11-18)20(2,3)4/h8-11,16H,5-7,12-15H2,1-4H3,(H,21,23)/t16-/m0/s1. The Bertz CT molecular complexity index is 513. The third kappa shape index (κ3) is 5.82. The van der Waals surface area contributed by atoms with Gasteiger partial charge in [0.1, 0.15) is 5.75 Å². The summed E-state index contributed by atoms with van der Waals surface area (Å²) in [4.78, 5) is 14.6. The number of benzene rings is 1. The molecule has 4 heteroatoms. The molecule has 1 aromatic rings. The van der Waals surface area contributed by atoms with E-state index in [0.717, 1.165) is 18.7 Å². The number of likely N-dealkylation sites (tertiary alicyclic amines) is 1. The van der Waals surface area contributed by atoms with E-state index in [1.807, 2.05) is 12.1 Å². The molecule has 1 saturated heterocycles. The van der Waals surface area contributed by atoms with Crippen LogP contribution in [0.2, 0.25) is 0 Å². The fraction of sp³-hybridized carbons (Fsp3) is 0.650. The van der Waals surface area contributed by atoms with E-state index >= 15 is 0 Å². The van der Waals surface area contributed by atoms with E-state index in [4.69, 9.17) is 4.74 Å². The Labute approximate surface area is 146 Å². The summed E-state index contributed by atoms with van der Waals surface area (Å²) in [6.07, 6.45) is 3.15. The van der Waals surface area contributed by atoms with Gasteiger partial charge in [0.25, 0.3) is 5.91 Å². The normalized spacial score (nSPS) is 16.8. The van der Waals surface area contributed by atoms with Crippen LogP contribution in [0.1, 0.15) is 52.5 Å². The van der Waals surface area contributed by atoms with Crippen molar-refractivity contribution >= 4 is 5.91 Å². The molecule has 0 radical (unpaired) electrons. The lowest BCUT2D eigenvalue weighted by Gasteiger charge is -2.20. The van der Waals surface area contributed by atoms with Crippen LogP contribution in [-0.4, -0.2) is 43.1 Å². The number of ether oxygens (including phenoxy) is 1. The molecule has 24 heavy (non-hydrogen) atoms. The molecule has 1 amide bonds. The number of nitrogens with zero attached hydrogens (tertiary/aromatic N) is 1. The molecule has 1 aromatic carbocycles. The summed E-state index contributed by atoms with van der Waals surface area (Å²) in [5.74, 6) is 0.694. The molecule has 4 nitrogen and oxygen atoms in total. The van der Waals surface area contributed by atoms with Crippen LogP contribution in [0, 0.1) is 0 Å². The lowest BCUT2D eigenvalue weighted by molar-refractivity contribution is -0.127. The van der Waals surface area contributed by atoms with Crippen molar-refractivity contribution in [1.82, 2.24) is 10.2 Å². The third-order valence-corrected chi connectivity index (χ3v) is 4.55. The molecular formula is C20H32N2O2. The monoisotopic (exact) mass is 332 g/mol. The van der Waals surface area contributed by atoms with Gasteiger partial charge in [0.05, 0.1) is 0 Å². The van der Waals surface area contributed by atoms with Gasteiger partial charge in [0, 0.05) is 6.54 Å². The second-order valence-electron chi connectivity index (χ2n) is 7.73. The van der Waals surface area contributed by atoms with Gasteiger partial charge in [-0.2, -0.15) is 0 Å². The summed E-state index contributed by atoms with van der Waals surface area (Å²) in [5, 5.41) is 2.97. The van der Waals surface area contributed by atoms with Crippen LogP contribution in [0.25, 0.3) is 0 Å². The Morgan fingerprint density at radius 3 is 2.42 bits per heavy atom. The molecule has 1 fully saturated rings. The topological polar surface area (TPSA) is 41.6 Å². The molecule has 0 saturated carbocycles. The van der Waals surface area contributed by atoms with Gasteiger partial charge in [-0.15, -0.1) is 0 Å². The third-order valence-electron chi connectivity index (χ3n) is 4.55. The second-order valence-corrected chi connectivity index (χ2v) is 7.73. The van der Waals surface area contributed by atoms with Crippen molar-refractivity contribution in [2.75, 3.05) is 26.2 Å². The Morgan fingerprint density at radius 2 is 1.83 bits per heavy atom. The van der Waals surface area contributed by atoms with Crippen molar-refractivity contribution in [3.05, 3.63) is 29.8 Å². The van der Waals surface area contributed by atoms with Crippen LogP contribution in [0.15, 0.2) is 24.3 Å². The molecular weight excluding hydrogens is 300 g/mol. The van der Waals surface area contributed by atoms with E-state index in [2.05, 4.69) is 43.1 Å². The zero-order valence-corrected chi connectivity index (χ0v) is 15.6. The van der Waals surface area contributed by atoms with E-state index in [1.54, 1.807) is 6.92 Å². The highest BCUT2D eigenvalue weighted by Gasteiger charge is 2.16. The fourth-order valence-corrected chi connectivity index (χ4v) is 2.96. The molecule has 1 aliphatic heterocycles. The van der Waals surface area contributed by atoms with Gasteiger partial charge in [0.2, 0.25) is 0 Å². The number of amides is 1. The van der Waals surface area contributed by atoms with Crippen LogP contribution < -0.4 is 10.1 Å². The van der Waals surface area contributed by atoms with Crippen LogP contribution in [0.4, 0.5) is 0 Å². The van der Waals surface area contributed by atoms with Gasteiger partial charge in [-0.3, -0.25) is 4.79 Å². The Kier molecular flexibility index (Phi) is 6.67. The minimum Gasteiger partial charge on any atom is -0.481 e. The van der Waals surface area contributed by atoms with Gasteiger partial charge in [-0.05, 0) is 68.9 Å². The summed E-state index contributed by atoms with van der Waals surface area (Å²) in [6.45, 7) is 12.5. The fourth-order valence-electron chi connectivity index (χ4n) is 2.96. The smallest absolute Gasteiger partial charge is 0.260 e. The number of hydrogen-bond donors (Lipinski definition) is 1. The Morgan fingerprint density at radius 1 is 1.21 bits per heavy atom. The summed E-state index contributed by atoms with van der Waals surface area (Å²) in [6, 6.07) is 8.02. The highest BCUT2D eigenvalue weighted by molar-refractivity contribution is 5.80. The first-order valence-corrected chi connectivity index (χ1v) is 9.13. The molecule has 1 atom stereocenters. The average molecular weight is 332 g/mol. The highest BCUT2D eigenvalue weighted by atomic mass is 16.5. The molecule has 0 aromatic heterocycles. The van der Waals surface area contributed by atoms with Crippen molar-refractivity contribution in [3.63, 3.8) is 0 Å². The van der Waals surface area contributed by atoms with Gasteiger partial charge in [0.15, 0.2) is 6.10 Å². The highest BCUT2D eigenvalue weighted by Crippen LogP contribution is 2.24. The molecule has 0 bridgehead atoms. The van der Waals surface area contributed by atoms with Crippen molar-refractivity contribution in [2.24, 2.45) is 0 Å². The molecule has 0 aliphatic carbocycles. The second kappa shape index (κ2) is 8.52. The number of carbonyl (C=O) groups is 1. The van der Waals surface area contributed by atoms with Crippen LogP contribution in [-0.2, 0) is 10.2 Å². The minimum atomic E-state index is -0.475. The maximum atomic E-state index is 12.1. The van der Waals surface area contributed by atoms with Crippen LogP contribution in [0.5, 0.6) is 5.75 Å². The van der Waals surface area contributed by atoms with Gasteiger partial charge in [-0.25, -0.2) is 0 Å². The van der Waals surface area contributed by atoms with Gasteiger partial charge >= 0.3 is 0 Å².